The molecule has 0 amide bonds. The highest BCUT2D eigenvalue weighted by Gasteiger charge is 2.25. The van der Waals surface area contributed by atoms with E-state index in [2.05, 4.69) is 6.92 Å². The van der Waals surface area contributed by atoms with Gasteiger partial charge in [0, 0.05) is 15.6 Å². The molecule has 3 rings (SSSR count). The molecule has 0 saturated heterocycles. The summed E-state index contributed by atoms with van der Waals surface area (Å²) >= 11 is 12.2. The van der Waals surface area contributed by atoms with Gasteiger partial charge in [0.15, 0.2) is 9.84 Å². The van der Waals surface area contributed by atoms with E-state index in [9.17, 15) is 8.42 Å². The Morgan fingerprint density at radius 2 is 1.60 bits per heavy atom. The molecule has 5 heteroatoms. The topological polar surface area (TPSA) is 34.1 Å². The lowest BCUT2D eigenvalue weighted by molar-refractivity contribution is 0.308. The molecule has 1 aliphatic carbocycles. The quantitative estimate of drug-likeness (QED) is 0.610. The second-order valence-corrected chi connectivity index (χ2v) is 9.93. The number of rotatable bonds is 4. The van der Waals surface area contributed by atoms with E-state index < -0.39 is 9.84 Å². The summed E-state index contributed by atoms with van der Waals surface area (Å²) in [5, 5.41) is 1.13. The fourth-order valence-corrected chi connectivity index (χ4v) is 5.68. The van der Waals surface area contributed by atoms with Gasteiger partial charge >= 0.3 is 0 Å². The van der Waals surface area contributed by atoms with Gasteiger partial charge < -0.3 is 0 Å². The van der Waals surface area contributed by atoms with Crippen LogP contribution >= 0.6 is 23.2 Å². The van der Waals surface area contributed by atoms with Gasteiger partial charge in [0.2, 0.25) is 0 Å². The third-order valence-electron chi connectivity index (χ3n) is 5.05. The molecule has 0 heterocycles. The molecule has 0 atom stereocenters. The first-order chi connectivity index (χ1) is 11.8. The summed E-state index contributed by atoms with van der Waals surface area (Å²) in [7, 11) is -3.25. The van der Waals surface area contributed by atoms with Crippen molar-refractivity contribution in [1.82, 2.24) is 0 Å². The number of hydrogen-bond donors (Lipinski definition) is 0. The molecule has 0 unspecified atom stereocenters. The average Bonchev–Trinajstić information content (AvgIpc) is 2.57. The monoisotopic (exact) mass is 396 g/mol. The van der Waals surface area contributed by atoms with Gasteiger partial charge in [-0.05, 0) is 54.5 Å². The first-order valence-corrected chi connectivity index (χ1v) is 11.0. The van der Waals surface area contributed by atoms with Crippen LogP contribution < -0.4 is 0 Å². The van der Waals surface area contributed by atoms with E-state index in [-0.39, 0.29) is 11.7 Å². The van der Waals surface area contributed by atoms with Crippen LogP contribution in [-0.2, 0) is 9.84 Å². The third-order valence-corrected chi connectivity index (χ3v) is 7.49. The molecule has 0 N–H and O–H groups in total. The molecule has 0 radical (unpaired) electrons. The average molecular weight is 397 g/mol. The normalized spacial score (nSPS) is 21.2. The van der Waals surface area contributed by atoms with Crippen LogP contribution in [0.1, 0.15) is 32.6 Å². The van der Waals surface area contributed by atoms with Gasteiger partial charge in [-0.1, -0.05) is 61.2 Å². The zero-order chi connectivity index (χ0) is 18.0. The molecule has 2 nitrogen and oxygen atoms in total. The number of benzene rings is 2. The molecule has 134 valence electrons. The maximum absolute atomic E-state index is 12.7. The standard InChI is InChI=1S/C20H22Cl2O2S/c1-14-2-4-15(5-3-14)13-25(23,24)18-9-6-16(7-10-18)19-11-8-17(21)12-20(19)22/h6-12,14-15H,2-5,13H2,1H3. The van der Waals surface area contributed by atoms with Crippen LogP contribution in [0.15, 0.2) is 47.4 Å². The minimum absolute atomic E-state index is 0.251. The van der Waals surface area contributed by atoms with Gasteiger partial charge in [0.1, 0.15) is 0 Å². The third kappa shape index (κ3) is 4.58. The Morgan fingerprint density at radius 3 is 2.20 bits per heavy atom. The van der Waals surface area contributed by atoms with E-state index in [1.807, 2.05) is 18.2 Å². The molecule has 2 aromatic carbocycles. The minimum Gasteiger partial charge on any atom is -0.224 e. The Hall–Kier alpha value is -1.03. The van der Waals surface area contributed by atoms with Gasteiger partial charge in [0.05, 0.1) is 10.6 Å². The molecular formula is C20H22Cl2O2S. The lowest BCUT2D eigenvalue weighted by Gasteiger charge is -2.25. The van der Waals surface area contributed by atoms with Crippen molar-refractivity contribution < 1.29 is 8.42 Å². The van der Waals surface area contributed by atoms with Crippen LogP contribution in [-0.4, -0.2) is 14.2 Å². The number of halogens is 2. The second kappa shape index (κ2) is 7.69. The second-order valence-electron chi connectivity index (χ2n) is 7.06. The largest absolute Gasteiger partial charge is 0.224 e. The number of hydrogen-bond acceptors (Lipinski definition) is 2. The van der Waals surface area contributed by atoms with Crippen molar-refractivity contribution in [3.8, 4) is 11.1 Å². The van der Waals surface area contributed by atoms with Gasteiger partial charge in [-0.3, -0.25) is 0 Å². The van der Waals surface area contributed by atoms with Gasteiger partial charge in [0.25, 0.3) is 0 Å². The highest BCUT2D eigenvalue weighted by molar-refractivity contribution is 7.91. The predicted molar refractivity (Wildman–Crippen MR) is 105 cm³/mol. The van der Waals surface area contributed by atoms with Crippen molar-refractivity contribution in [3.05, 3.63) is 52.5 Å². The highest BCUT2D eigenvalue weighted by atomic mass is 35.5. The summed E-state index contributed by atoms with van der Waals surface area (Å²) < 4.78 is 25.4. The molecule has 0 aromatic heterocycles. The van der Waals surface area contributed by atoms with Crippen molar-refractivity contribution in [2.24, 2.45) is 11.8 Å². The molecule has 1 saturated carbocycles. The van der Waals surface area contributed by atoms with Crippen molar-refractivity contribution in [2.45, 2.75) is 37.5 Å². The Morgan fingerprint density at radius 1 is 0.960 bits per heavy atom. The zero-order valence-corrected chi connectivity index (χ0v) is 16.5. The smallest absolute Gasteiger partial charge is 0.178 e. The summed E-state index contributed by atoms with van der Waals surface area (Å²) in [5.41, 5.74) is 1.73. The van der Waals surface area contributed by atoms with Crippen molar-refractivity contribution in [2.75, 3.05) is 5.75 Å². The molecule has 25 heavy (non-hydrogen) atoms. The van der Waals surface area contributed by atoms with E-state index >= 15 is 0 Å². The van der Waals surface area contributed by atoms with E-state index in [1.165, 1.54) is 0 Å². The van der Waals surface area contributed by atoms with Gasteiger partial charge in [-0.15, -0.1) is 0 Å². The van der Waals surface area contributed by atoms with Crippen LogP contribution in [0, 0.1) is 11.8 Å². The Bertz CT molecular complexity index is 836. The summed E-state index contributed by atoms with van der Waals surface area (Å²) in [6, 6.07) is 12.3. The Kier molecular flexibility index (Phi) is 5.77. The molecular weight excluding hydrogens is 375 g/mol. The molecule has 2 aromatic rings. The van der Waals surface area contributed by atoms with Crippen molar-refractivity contribution in [3.63, 3.8) is 0 Å². The molecule has 0 aliphatic heterocycles. The number of sulfone groups is 1. The lowest BCUT2D eigenvalue weighted by atomic mass is 9.84. The zero-order valence-electron chi connectivity index (χ0n) is 14.2. The van der Waals surface area contributed by atoms with Crippen molar-refractivity contribution in [1.29, 1.82) is 0 Å². The van der Waals surface area contributed by atoms with Crippen LogP contribution in [0.4, 0.5) is 0 Å². The summed E-state index contributed by atoms with van der Waals surface area (Å²) in [4.78, 5) is 0.389. The fraction of sp³-hybridized carbons (Fsp3) is 0.400. The Balaban J connectivity index is 1.77. The predicted octanol–water partition coefficient (Wildman–Crippen LogP) is 6.26. The van der Waals surface area contributed by atoms with Gasteiger partial charge in [-0.2, -0.15) is 0 Å². The molecule has 1 aliphatic rings. The van der Waals surface area contributed by atoms with Crippen molar-refractivity contribution >= 4 is 33.0 Å². The summed E-state index contributed by atoms with van der Waals surface area (Å²) in [6.07, 6.45) is 4.29. The highest BCUT2D eigenvalue weighted by Crippen LogP contribution is 2.33. The van der Waals surface area contributed by atoms with E-state index in [0.29, 0.717) is 14.9 Å². The first kappa shape index (κ1) is 18.8. The fourth-order valence-electron chi connectivity index (χ4n) is 3.47. The maximum atomic E-state index is 12.7. The lowest BCUT2D eigenvalue weighted by Crippen LogP contribution is -2.21. The van der Waals surface area contributed by atoms with Crippen LogP contribution in [0.5, 0.6) is 0 Å². The van der Waals surface area contributed by atoms with Crippen LogP contribution in [0.2, 0.25) is 10.0 Å². The molecule has 0 spiro atoms. The minimum atomic E-state index is -3.25. The molecule has 0 bridgehead atoms. The SMILES string of the molecule is CC1CCC(CS(=O)(=O)c2ccc(-c3ccc(Cl)cc3Cl)cc2)CC1. The van der Waals surface area contributed by atoms with Crippen LogP contribution in [0.25, 0.3) is 11.1 Å². The Labute approximate surface area is 160 Å². The van der Waals surface area contributed by atoms with E-state index in [1.54, 1.807) is 24.3 Å². The van der Waals surface area contributed by atoms with Crippen LogP contribution in [0.3, 0.4) is 0 Å². The summed E-state index contributed by atoms with van der Waals surface area (Å²) in [6.45, 7) is 2.24. The summed E-state index contributed by atoms with van der Waals surface area (Å²) in [5.74, 6) is 1.26. The first-order valence-electron chi connectivity index (χ1n) is 8.63. The van der Waals surface area contributed by atoms with E-state index in [4.69, 9.17) is 23.2 Å². The van der Waals surface area contributed by atoms with Gasteiger partial charge in [-0.25, -0.2) is 8.42 Å². The molecule has 1 fully saturated rings. The maximum Gasteiger partial charge on any atom is 0.178 e. The van der Waals surface area contributed by atoms with E-state index in [0.717, 1.165) is 42.7 Å².